The number of halogens is 2. The van der Waals surface area contributed by atoms with Crippen molar-refractivity contribution in [2.24, 2.45) is 4.99 Å². The summed E-state index contributed by atoms with van der Waals surface area (Å²) >= 11 is 0. The van der Waals surface area contributed by atoms with E-state index in [1.165, 1.54) is 18.2 Å². The van der Waals surface area contributed by atoms with Gasteiger partial charge in [0.2, 0.25) is 5.91 Å². The molecule has 5 nitrogen and oxygen atoms in total. The highest BCUT2D eigenvalue weighted by Crippen LogP contribution is 2.42. The summed E-state index contributed by atoms with van der Waals surface area (Å²) in [5.74, 6) is -0.997. The van der Waals surface area contributed by atoms with Crippen LogP contribution in [0.4, 0.5) is 8.78 Å². The van der Waals surface area contributed by atoms with Gasteiger partial charge < -0.3 is 16.0 Å². The highest BCUT2D eigenvalue weighted by Gasteiger charge is 2.42. The average Bonchev–Trinajstić information content (AvgIpc) is 3.22. The van der Waals surface area contributed by atoms with Crippen molar-refractivity contribution in [2.75, 3.05) is 13.1 Å². The molecule has 0 spiro atoms. The molecule has 0 aromatic heterocycles. The van der Waals surface area contributed by atoms with Crippen molar-refractivity contribution < 1.29 is 13.6 Å². The molecule has 0 radical (unpaired) electrons. The van der Waals surface area contributed by atoms with Gasteiger partial charge in [-0.1, -0.05) is 6.07 Å². The molecule has 1 amide bonds. The van der Waals surface area contributed by atoms with Gasteiger partial charge in [0.1, 0.15) is 18.2 Å². The number of nitrogens with zero attached hydrogens (tertiary/aromatic N) is 1. The molecule has 25 heavy (non-hydrogen) atoms. The lowest BCUT2D eigenvalue weighted by Crippen LogP contribution is -2.43. The SMILES string of the molecule is CCNC(=NCC(=O)NC(C)(C)C)NC1CC1c1c(F)cccc1F. The Hall–Kier alpha value is -2.18. The second-order valence-corrected chi connectivity index (χ2v) is 7.22. The third-order valence-corrected chi connectivity index (χ3v) is 3.72. The van der Waals surface area contributed by atoms with E-state index in [0.717, 1.165) is 0 Å². The maximum absolute atomic E-state index is 13.8. The second-order valence-electron chi connectivity index (χ2n) is 7.22. The van der Waals surface area contributed by atoms with E-state index in [1.54, 1.807) is 0 Å². The molecule has 3 N–H and O–H groups in total. The Balaban J connectivity index is 1.96. The Kier molecular flexibility index (Phi) is 5.98. The van der Waals surface area contributed by atoms with Crippen LogP contribution in [0.1, 0.15) is 45.6 Å². The Bertz CT molecular complexity index is 635. The lowest BCUT2D eigenvalue weighted by Gasteiger charge is -2.20. The first-order valence-electron chi connectivity index (χ1n) is 8.51. The summed E-state index contributed by atoms with van der Waals surface area (Å²) in [5, 5.41) is 9.02. The summed E-state index contributed by atoms with van der Waals surface area (Å²) in [6.45, 7) is 8.21. The van der Waals surface area contributed by atoms with E-state index in [-0.39, 0.29) is 35.5 Å². The quantitative estimate of drug-likeness (QED) is 0.563. The van der Waals surface area contributed by atoms with Gasteiger partial charge in [-0.15, -0.1) is 0 Å². The number of carbonyl (C=O) groups is 1. The molecule has 2 unspecified atom stereocenters. The monoisotopic (exact) mass is 352 g/mol. The number of carbonyl (C=O) groups excluding carboxylic acids is 1. The Morgan fingerprint density at radius 3 is 2.48 bits per heavy atom. The summed E-state index contributed by atoms with van der Waals surface area (Å²) in [6, 6.07) is 3.79. The van der Waals surface area contributed by atoms with E-state index in [9.17, 15) is 13.6 Å². The van der Waals surface area contributed by atoms with Crippen LogP contribution < -0.4 is 16.0 Å². The Morgan fingerprint density at radius 2 is 1.92 bits per heavy atom. The summed E-state index contributed by atoms with van der Waals surface area (Å²) < 4.78 is 27.7. The number of nitrogens with one attached hydrogen (secondary N) is 3. The number of hydrogen-bond acceptors (Lipinski definition) is 2. The zero-order valence-corrected chi connectivity index (χ0v) is 15.1. The minimum Gasteiger partial charge on any atom is -0.357 e. The predicted molar refractivity (Wildman–Crippen MR) is 94.5 cm³/mol. The predicted octanol–water partition coefficient (Wildman–Crippen LogP) is 2.29. The van der Waals surface area contributed by atoms with Crippen molar-refractivity contribution in [3.63, 3.8) is 0 Å². The van der Waals surface area contributed by atoms with Gasteiger partial charge in [0.05, 0.1) is 0 Å². The van der Waals surface area contributed by atoms with Crippen LogP contribution in [0.15, 0.2) is 23.2 Å². The van der Waals surface area contributed by atoms with Crippen molar-refractivity contribution >= 4 is 11.9 Å². The molecule has 0 saturated heterocycles. The summed E-state index contributed by atoms with van der Waals surface area (Å²) in [4.78, 5) is 16.1. The summed E-state index contributed by atoms with van der Waals surface area (Å²) in [6.07, 6.45) is 0.621. The van der Waals surface area contributed by atoms with Crippen molar-refractivity contribution in [2.45, 2.75) is 51.6 Å². The van der Waals surface area contributed by atoms with Gasteiger partial charge in [0.25, 0.3) is 0 Å². The van der Waals surface area contributed by atoms with Crippen molar-refractivity contribution in [3.05, 3.63) is 35.4 Å². The molecule has 1 aromatic carbocycles. The largest absolute Gasteiger partial charge is 0.357 e. The minimum atomic E-state index is -0.527. The van der Waals surface area contributed by atoms with Gasteiger partial charge in [-0.05, 0) is 46.2 Å². The zero-order valence-electron chi connectivity index (χ0n) is 15.1. The van der Waals surface area contributed by atoms with Crippen LogP contribution in [-0.2, 0) is 4.79 Å². The van der Waals surface area contributed by atoms with Gasteiger partial charge in [0, 0.05) is 29.6 Å². The molecule has 7 heteroatoms. The van der Waals surface area contributed by atoms with Crippen molar-refractivity contribution in [1.82, 2.24) is 16.0 Å². The number of aliphatic imine (C=N–C) groups is 1. The molecule has 0 aliphatic heterocycles. The maximum atomic E-state index is 13.8. The maximum Gasteiger partial charge on any atom is 0.242 e. The molecule has 0 bridgehead atoms. The first-order chi connectivity index (χ1) is 11.7. The first kappa shape index (κ1) is 19.1. The molecule has 138 valence electrons. The second kappa shape index (κ2) is 7.80. The van der Waals surface area contributed by atoms with E-state index in [4.69, 9.17) is 0 Å². The smallest absolute Gasteiger partial charge is 0.242 e. The fourth-order valence-electron chi connectivity index (χ4n) is 2.64. The Morgan fingerprint density at radius 1 is 1.28 bits per heavy atom. The van der Waals surface area contributed by atoms with E-state index in [0.29, 0.717) is 18.9 Å². The van der Waals surface area contributed by atoms with Gasteiger partial charge in [-0.3, -0.25) is 4.79 Å². The van der Waals surface area contributed by atoms with E-state index in [1.807, 2.05) is 27.7 Å². The van der Waals surface area contributed by atoms with Gasteiger partial charge in [-0.2, -0.15) is 0 Å². The van der Waals surface area contributed by atoms with Crippen molar-refractivity contribution in [1.29, 1.82) is 0 Å². The third-order valence-electron chi connectivity index (χ3n) is 3.72. The minimum absolute atomic E-state index is 0.0158. The molecule has 1 saturated carbocycles. The highest BCUT2D eigenvalue weighted by molar-refractivity contribution is 5.85. The standard InChI is InChI=1S/C18H26F2N4O/c1-5-21-17(22-10-15(25)24-18(2,3)4)23-14-9-11(14)16-12(19)7-6-8-13(16)20/h6-8,11,14H,5,9-10H2,1-4H3,(H,24,25)(H2,21,22,23). The zero-order chi connectivity index (χ0) is 18.6. The van der Waals surface area contributed by atoms with E-state index >= 15 is 0 Å². The van der Waals surface area contributed by atoms with Crippen LogP contribution in [0, 0.1) is 11.6 Å². The molecule has 1 fully saturated rings. The van der Waals surface area contributed by atoms with Gasteiger partial charge >= 0.3 is 0 Å². The molecule has 2 rings (SSSR count). The number of hydrogen-bond donors (Lipinski definition) is 3. The first-order valence-corrected chi connectivity index (χ1v) is 8.51. The average molecular weight is 352 g/mol. The Labute approximate surface area is 147 Å². The van der Waals surface area contributed by atoms with Crippen LogP contribution in [-0.4, -0.2) is 36.5 Å². The number of amides is 1. The van der Waals surface area contributed by atoms with Crippen LogP contribution in [0.3, 0.4) is 0 Å². The van der Waals surface area contributed by atoms with Gasteiger partial charge in [0.15, 0.2) is 5.96 Å². The molecular formula is C18H26F2N4O. The van der Waals surface area contributed by atoms with Crippen LogP contribution in [0.25, 0.3) is 0 Å². The molecule has 1 aliphatic carbocycles. The molecule has 1 aliphatic rings. The van der Waals surface area contributed by atoms with Crippen molar-refractivity contribution in [3.8, 4) is 0 Å². The number of benzene rings is 1. The van der Waals surface area contributed by atoms with E-state index < -0.39 is 11.6 Å². The van der Waals surface area contributed by atoms with Crippen LogP contribution >= 0.6 is 0 Å². The van der Waals surface area contributed by atoms with Gasteiger partial charge in [-0.25, -0.2) is 13.8 Å². The number of rotatable bonds is 5. The lowest BCUT2D eigenvalue weighted by atomic mass is 10.1. The molecule has 1 aromatic rings. The molecule has 2 atom stereocenters. The van der Waals surface area contributed by atoms with Crippen LogP contribution in [0.5, 0.6) is 0 Å². The highest BCUT2D eigenvalue weighted by atomic mass is 19.1. The third kappa shape index (κ3) is 5.69. The normalized spacial score (nSPS) is 20.2. The summed E-state index contributed by atoms with van der Waals surface area (Å²) in [5.41, 5.74) is -0.205. The summed E-state index contributed by atoms with van der Waals surface area (Å²) in [7, 11) is 0. The molecular weight excluding hydrogens is 326 g/mol. The topological polar surface area (TPSA) is 65.5 Å². The number of guanidine groups is 1. The van der Waals surface area contributed by atoms with E-state index in [2.05, 4.69) is 20.9 Å². The fraction of sp³-hybridized carbons (Fsp3) is 0.556. The molecule has 0 heterocycles. The van der Waals surface area contributed by atoms with Crippen LogP contribution in [0.2, 0.25) is 0 Å². The fourth-order valence-corrected chi connectivity index (χ4v) is 2.64. The lowest BCUT2D eigenvalue weighted by molar-refractivity contribution is -0.121.